The van der Waals surface area contributed by atoms with Crippen molar-refractivity contribution in [3.63, 3.8) is 0 Å². The van der Waals surface area contributed by atoms with E-state index in [4.69, 9.17) is 4.55 Å². The van der Waals surface area contributed by atoms with Gasteiger partial charge >= 0.3 is 10.3 Å². The van der Waals surface area contributed by atoms with Crippen molar-refractivity contribution in [3.05, 3.63) is 35.7 Å². The summed E-state index contributed by atoms with van der Waals surface area (Å²) in [7, 11) is -4.25. The van der Waals surface area contributed by atoms with Crippen LogP contribution in [0.2, 0.25) is 0 Å². The fraction of sp³-hybridized carbons (Fsp3) is 0. The summed E-state index contributed by atoms with van der Waals surface area (Å²) >= 11 is 1.11. The first-order chi connectivity index (χ1) is 7.54. The molecule has 0 aliphatic carbocycles. The topological polar surface area (TPSA) is 79.3 Å². The highest BCUT2D eigenvalue weighted by molar-refractivity contribution is 7.87. The first-order valence-electron chi connectivity index (χ1n) is 4.31. The molecule has 0 aliphatic heterocycles. The van der Waals surface area contributed by atoms with E-state index in [0.29, 0.717) is 5.69 Å². The third kappa shape index (κ3) is 2.78. The van der Waals surface area contributed by atoms with Gasteiger partial charge in [0.05, 0.1) is 5.69 Å². The number of rotatable bonds is 3. The van der Waals surface area contributed by atoms with Crippen LogP contribution in [0.4, 0.5) is 5.13 Å². The fourth-order valence-electron chi connectivity index (χ4n) is 1.17. The third-order valence-corrected chi connectivity index (χ3v) is 3.13. The van der Waals surface area contributed by atoms with Gasteiger partial charge in [0.2, 0.25) is 0 Å². The molecule has 5 nitrogen and oxygen atoms in total. The van der Waals surface area contributed by atoms with Crippen LogP contribution in [-0.4, -0.2) is 18.0 Å². The summed E-state index contributed by atoms with van der Waals surface area (Å²) < 4.78 is 31.6. The minimum absolute atomic E-state index is 0.140. The Morgan fingerprint density at radius 2 is 1.94 bits per heavy atom. The lowest BCUT2D eigenvalue weighted by Gasteiger charge is -1.96. The standard InChI is InChI=1S/C9H8N2O3S2/c12-16(13,14)11-9-10-8(6-15-9)7-4-2-1-3-5-7/h1-6H,(H,10,11)(H,12,13,14). The molecule has 0 amide bonds. The molecule has 2 aromatic rings. The second-order valence-corrected chi connectivity index (χ2v) is 4.99. The van der Waals surface area contributed by atoms with Crippen LogP contribution in [0.25, 0.3) is 11.3 Å². The molecule has 0 saturated carbocycles. The van der Waals surface area contributed by atoms with E-state index in [2.05, 4.69) is 4.98 Å². The highest BCUT2D eigenvalue weighted by Gasteiger charge is 2.09. The fourth-order valence-corrected chi connectivity index (χ4v) is 2.51. The maximum absolute atomic E-state index is 10.6. The number of aromatic nitrogens is 1. The van der Waals surface area contributed by atoms with E-state index < -0.39 is 10.3 Å². The van der Waals surface area contributed by atoms with E-state index in [1.807, 2.05) is 35.1 Å². The molecular formula is C9H8N2O3S2. The largest absolute Gasteiger partial charge is 0.359 e. The van der Waals surface area contributed by atoms with Gasteiger partial charge in [-0.05, 0) is 0 Å². The number of nitrogens with zero attached hydrogens (tertiary/aromatic N) is 1. The highest BCUT2D eigenvalue weighted by atomic mass is 32.2. The molecule has 7 heteroatoms. The maximum atomic E-state index is 10.6. The van der Waals surface area contributed by atoms with Crippen LogP contribution >= 0.6 is 11.3 Å². The number of hydrogen-bond donors (Lipinski definition) is 2. The van der Waals surface area contributed by atoms with Gasteiger partial charge in [0, 0.05) is 10.9 Å². The van der Waals surface area contributed by atoms with Gasteiger partial charge < -0.3 is 0 Å². The van der Waals surface area contributed by atoms with E-state index in [1.54, 1.807) is 5.38 Å². The van der Waals surface area contributed by atoms with Crippen LogP contribution in [0, 0.1) is 0 Å². The molecule has 1 heterocycles. The minimum atomic E-state index is -4.25. The van der Waals surface area contributed by atoms with Gasteiger partial charge in [-0.3, -0.25) is 4.55 Å². The molecule has 0 aliphatic rings. The van der Waals surface area contributed by atoms with Crippen LogP contribution in [0.1, 0.15) is 0 Å². The van der Waals surface area contributed by atoms with Gasteiger partial charge in [0.15, 0.2) is 5.13 Å². The van der Waals surface area contributed by atoms with E-state index in [9.17, 15) is 8.42 Å². The molecule has 1 aromatic heterocycles. The van der Waals surface area contributed by atoms with Gasteiger partial charge in [0.1, 0.15) is 0 Å². The van der Waals surface area contributed by atoms with Crippen molar-refractivity contribution in [2.75, 3.05) is 4.72 Å². The summed E-state index contributed by atoms with van der Waals surface area (Å²) in [5.41, 5.74) is 1.55. The van der Waals surface area contributed by atoms with Crippen LogP contribution in [-0.2, 0) is 10.3 Å². The van der Waals surface area contributed by atoms with Crippen LogP contribution in [0.5, 0.6) is 0 Å². The van der Waals surface area contributed by atoms with Crippen molar-refractivity contribution < 1.29 is 13.0 Å². The van der Waals surface area contributed by atoms with E-state index in [0.717, 1.165) is 16.9 Å². The molecule has 2 rings (SSSR count). The van der Waals surface area contributed by atoms with E-state index in [1.165, 1.54) is 0 Å². The molecule has 0 unspecified atom stereocenters. The highest BCUT2D eigenvalue weighted by Crippen LogP contribution is 2.24. The normalized spacial score (nSPS) is 11.3. The Hall–Kier alpha value is -1.44. The SMILES string of the molecule is O=S(=O)(O)Nc1nc(-c2ccccc2)cs1. The first-order valence-corrected chi connectivity index (χ1v) is 6.63. The lowest BCUT2D eigenvalue weighted by molar-refractivity contribution is 0.489. The molecule has 84 valence electrons. The second-order valence-electron chi connectivity index (χ2n) is 2.98. The minimum Gasteiger partial charge on any atom is -0.269 e. The summed E-state index contributed by atoms with van der Waals surface area (Å²) in [5, 5.41) is 1.85. The van der Waals surface area contributed by atoms with E-state index >= 15 is 0 Å². The van der Waals surface area contributed by atoms with Gasteiger partial charge in [-0.2, -0.15) is 8.42 Å². The Morgan fingerprint density at radius 1 is 1.25 bits per heavy atom. The number of anilines is 1. The van der Waals surface area contributed by atoms with Crippen molar-refractivity contribution in [3.8, 4) is 11.3 Å². The molecule has 0 atom stereocenters. The van der Waals surface area contributed by atoms with Gasteiger partial charge in [-0.15, -0.1) is 11.3 Å². The second kappa shape index (κ2) is 4.20. The molecule has 0 spiro atoms. The average molecular weight is 256 g/mol. The van der Waals surface area contributed by atoms with Crippen molar-refractivity contribution in [1.82, 2.24) is 4.98 Å². The zero-order valence-corrected chi connectivity index (χ0v) is 9.62. The average Bonchev–Trinajstić information content (AvgIpc) is 2.65. The Bertz CT molecular complexity index is 578. The molecular weight excluding hydrogens is 248 g/mol. The molecule has 0 saturated heterocycles. The van der Waals surface area contributed by atoms with Crippen LogP contribution in [0.15, 0.2) is 35.7 Å². The molecule has 1 aromatic carbocycles. The quantitative estimate of drug-likeness (QED) is 0.823. The molecule has 0 fully saturated rings. The first kappa shape index (κ1) is 11.1. The monoisotopic (exact) mass is 256 g/mol. The molecule has 0 bridgehead atoms. The zero-order valence-electron chi connectivity index (χ0n) is 7.99. The molecule has 2 N–H and O–H groups in total. The lowest BCUT2D eigenvalue weighted by atomic mass is 10.2. The van der Waals surface area contributed by atoms with Crippen molar-refractivity contribution in [2.45, 2.75) is 0 Å². The van der Waals surface area contributed by atoms with Gasteiger partial charge in [-0.25, -0.2) is 9.71 Å². The number of benzene rings is 1. The number of nitrogens with one attached hydrogen (secondary N) is 1. The summed E-state index contributed by atoms with van der Waals surface area (Å²) in [5.74, 6) is 0. The van der Waals surface area contributed by atoms with Crippen molar-refractivity contribution in [2.24, 2.45) is 0 Å². The lowest BCUT2D eigenvalue weighted by Crippen LogP contribution is -2.09. The Morgan fingerprint density at radius 3 is 2.56 bits per heavy atom. The predicted octanol–water partition coefficient (Wildman–Crippen LogP) is 2.02. The summed E-state index contributed by atoms with van der Waals surface area (Å²) in [6, 6.07) is 9.35. The summed E-state index contributed by atoms with van der Waals surface area (Å²) in [4.78, 5) is 4.03. The van der Waals surface area contributed by atoms with Crippen LogP contribution < -0.4 is 4.72 Å². The Labute approximate surface area is 96.7 Å². The summed E-state index contributed by atoms with van der Waals surface area (Å²) in [6.45, 7) is 0. The van der Waals surface area contributed by atoms with E-state index in [-0.39, 0.29) is 5.13 Å². The Kier molecular flexibility index (Phi) is 2.90. The van der Waals surface area contributed by atoms with Crippen LogP contribution in [0.3, 0.4) is 0 Å². The van der Waals surface area contributed by atoms with Gasteiger partial charge in [0.25, 0.3) is 0 Å². The van der Waals surface area contributed by atoms with Gasteiger partial charge in [-0.1, -0.05) is 30.3 Å². The zero-order chi connectivity index (χ0) is 11.6. The van der Waals surface area contributed by atoms with Crippen molar-refractivity contribution in [1.29, 1.82) is 0 Å². The Balaban J connectivity index is 2.27. The smallest absolute Gasteiger partial charge is 0.269 e. The molecule has 16 heavy (non-hydrogen) atoms. The summed E-state index contributed by atoms with van der Waals surface area (Å²) in [6.07, 6.45) is 0. The third-order valence-electron chi connectivity index (χ3n) is 1.79. The molecule has 0 radical (unpaired) electrons. The predicted molar refractivity (Wildman–Crippen MR) is 62.7 cm³/mol. The number of hydrogen-bond acceptors (Lipinski definition) is 4. The maximum Gasteiger partial charge on any atom is 0.359 e. The van der Waals surface area contributed by atoms with Crippen molar-refractivity contribution >= 4 is 26.8 Å². The number of thiazole rings is 1.